The number of unbranched alkanes of at least 4 members (excludes halogenated alkanes) is 1. The predicted molar refractivity (Wildman–Crippen MR) is 141 cm³/mol. The van der Waals surface area contributed by atoms with E-state index in [1.165, 1.54) is 11.7 Å². The number of thiophene rings is 1. The number of aryl methyl sites for hydroxylation is 1. The van der Waals surface area contributed by atoms with Gasteiger partial charge in [0.15, 0.2) is 5.82 Å². The van der Waals surface area contributed by atoms with Crippen LogP contribution in [-0.2, 0) is 17.7 Å². The highest BCUT2D eigenvalue weighted by molar-refractivity contribution is 7.80. The fourth-order valence-corrected chi connectivity index (χ4v) is 5.41. The van der Waals surface area contributed by atoms with Crippen LogP contribution in [0.2, 0.25) is 5.15 Å². The summed E-state index contributed by atoms with van der Waals surface area (Å²) in [7, 11) is 1.58. The highest BCUT2D eigenvalue weighted by atomic mass is 35.5. The van der Waals surface area contributed by atoms with Crippen LogP contribution in [0.5, 0.6) is 5.75 Å². The normalized spacial score (nSPS) is 11.9. The molecule has 194 valence electrons. The molecule has 0 aliphatic heterocycles. The molecule has 0 spiro atoms. The number of benzene rings is 2. The molecule has 2 heterocycles. The van der Waals surface area contributed by atoms with Gasteiger partial charge in [0.25, 0.3) is 17.2 Å². The third-order valence-corrected chi connectivity index (χ3v) is 7.69. The first kappa shape index (κ1) is 26.9. The van der Waals surface area contributed by atoms with Gasteiger partial charge in [-0.25, -0.2) is 23.0 Å². The SMILES string of the molecule is COc1ccc(CCCCN(c2ccc(F)c(NC(=O)c3csc4c(Cl)ncnc34)c2F)S(=O)O)cc1. The van der Waals surface area contributed by atoms with Crippen molar-refractivity contribution in [1.82, 2.24) is 9.97 Å². The van der Waals surface area contributed by atoms with Crippen molar-refractivity contribution in [2.75, 3.05) is 23.3 Å². The summed E-state index contributed by atoms with van der Waals surface area (Å²) in [6.07, 6.45) is 2.99. The van der Waals surface area contributed by atoms with Crippen molar-refractivity contribution in [3.8, 4) is 5.75 Å². The Morgan fingerprint density at radius 2 is 1.95 bits per heavy atom. The largest absolute Gasteiger partial charge is 0.497 e. The summed E-state index contributed by atoms with van der Waals surface area (Å²) in [5.41, 5.74) is 0.310. The highest BCUT2D eigenvalue weighted by Gasteiger charge is 2.24. The molecule has 1 atom stereocenters. The molecular weight excluding hydrogens is 546 g/mol. The Bertz CT molecular complexity index is 1450. The first-order valence-electron chi connectivity index (χ1n) is 11.0. The lowest BCUT2D eigenvalue weighted by atomic mass is 10.1. The molecule has 2 aromatic carbocycles. The molecule has 13 heteroatoms. The maximum atomic E-state index is 15.4. The smallest absolute Gasteiger partial charge is 0.261 e. The van der Waals surface area contributed by atoms with Crippen LogP contribution >= 0.6 is 22.9 Å². The molecular formula is C24H21ClF2N4O4S2. The molecule has 8 nitrogen and oxygen atoms in total. The Labute approximate surface area is 222 Å². The number of anilines is 2. The molecule has 0 bridgehead atoms. The third kappa shape index (κ3) is 6.04. The molecule has 37 heavy (non-hydrogen) atoms. The minimum absolute atomic E-state index is 0.0276. The quantitative estimate of drug-likeness (QED) is 0.142. The predicted octanol–water partition coefficient (Wildman–Crippen LogP) is 5.85. The van der Waals surface area contributed by atoms with Gasteiger partial charge in [-0.15, -0.1) is 11.3 Å². The van der Waals surface area contributed by atoms with E-state index in [1.807, 2.05) is 24.3 Å². The summed E-state index contributed by atoms with van der Waals surface area (Å²) < 4.78 is 58.3. The minimum atomic E-state index is -2.58. The zero-order valence-corrected chi connectivity index (χ0v) is 21.8. The van der Waals surface area contributed by atoms with E-state index >= 15 is 4.39 Å². The fourth-order valence-electron chi connectivity index (χ4n) is 3.67. The van der Waals surface area contributed by atoms with Gasteiger partial charge < -0.3 is 10.1 Å². The molecule has 0 saturated heterocycles. The number of aromatic nitrogens is 2. The Kier molecular flexibility index (Phi) is 8.64. The second-order valence-electron chi connectivity index (χ2n) is 7.84. The number of carbonyl (C=O) groups is 1. The minimum Gasteiger partial charge on any atom is -0.497 e. The number of fused-ring (bicyclic) bond motifs is 1. The van der Waals surface area contributed by atoms with E-state index in [-0.39, 0.29) is 28.5 Å². The van der Waals surface area contributed by atoms with E-state index < -0.39 is 34.5 Å². The second-order valence-corrected chi connectivity index (χ2v) is 9.98. The first-order valence-corrected chi connectivity index (χ1v) is 13.3. The number of amides is 1. The number of methoxy groups -OCH3 is 1. The van der Waals surface area contributed by atoms with E-state index in [0.29, 0.717) is 24.0 Å². The third-order valence-electron chi connectivity index (χ3n) is 5.56. The van der Waals surface area contributed by atoms with Gasteiger partial charge in [0, 0.05) is 11.9 Å². The summed E-state index contributed by atoms with van der Waals surface area (Å²) in [4.78, 5) is 20.7. The van der Waals surface area contributed by atoms with Crippen LogP contribution in [0.1, 0.15) is 28.8 Å². The van der Waals surface area contributed by atoms with Gasteiger partial charge in [0.2, 0.25) is 0 Å². The van der Waals surface area contributed by atoms with E-state index in [0.717, 1.165) is 39.1 Å². The summed E-state index contributed by atoms with van der Waals surface area (Å²) in [6, 6.07) is 9.52. The van der Waals surface area contributed by atoms with Crippen LogP contribution in [-0.4, -0.2) is 38.3 Å². The maximum Gasteiger partial charge on any atom is 0.261 e. The van der Waals surface area contributed by atoms with Crippen LogP contribution in [0.25, 0.3) is 10.2 Å². The van der Waals surface area contributed by atoms with Gasteiger partial charge in [-0.1, -0.05) is 23.7 Å². The fraction of sp³-hybridized carbons (Fsp3) is 0.208. The van der Waals surface area contributed by atoms with Crippen molar-refractivity contribution in [2.24, 2.45) is 0 Å². The van der Waals surface area contributed by atoms with Gasteiger partial charge in [-0.05, 0) is 49.1 Å². The van der Waals surface area contributed by atoms with Crippen molar-refractivity contribution in [3.63, 3.8) is 0 Å². The number of ether oxygens (including phenoxy) is 1. The average molecular weight is 567 g/mol. The number of nitrogens with one attached hydrogen (secondary N) is 1. The number of carbonyl (C=O) groups excluding carboxylic acids is 1. The summed E-state index contributed by atoms with van der Waals surface area (Å²) >= 11 is 4.55. The Hall–Kier alpha value is -3.19. The van der Waals surface area contributed by atoms with Crippen LogP contribution in [0.15, 0.2) is 48.1 Å². The van der Waals surface area contributed by atoms with Gasteiger partial charge in [0.1, 0.15) is 28.7 Å². The molecule has 4 rings (SSSR count). The average Bonchev–Trinajstić information content (AvgIpc) is 3.33. The maximum absolute atomic E-state index is 15.4. The summed E-state index contributed by atoms with van der Waals surface area (Å²) in [5.74, 6) is -2.28. The monoisotopic (exact) mass is 566 g/mol. The zero-order valence-electron chi connectivity index (χ0n) is 19.4. The molecule has 2 aromatic heterocycles. The molecule has 0 saturated carbocycles. The Morgan fingerprint density at radius 3 is 2.65 bits per heavy atom. The summed E-state index contributed by atoms with van der Waals surface area (Å²) in [6.45, 7) is 0.0276. The first-order chi connectivity index (χ1) is 17.8. The number of nitrogens with zero attached hydrogens (tertiary/aromatic N) is 3. The van der Waals surface area contributed by atoms with Gasteiger partial charge in [-0.2, -0.15) is 0 Å². The van der Waals surface area contributed by atoms with E-state index in [4.69, 9.17) is 16.3 Å². The van der Waals surface area contributed by atoms with Crippen molar-refractivity contribution >= 4 is 61.7 Å². The topological polar surface area (TPSA) is 105 Å². The van der Waals surface area contributed by atoms with Crippen molar-refractivity contribution < 1.29 is 27.1 Å². The molecule has 4 aromatic rings. The van der Waals surface area contributed by atoms with Crippen molar-refractivity contribution in [3.05, 3.63) is 76.0 Å². The van der Waals surface area contributed by atoms with E-state index in [1.54, 1.807) is 7.11 Å². The second kappa shape index (κ2) is 11.9. The molecule has 0 radical (unpaired) electrons. The molecule has 0 aliphatic rings. The molecule has 0 aliphatic carbocycles. The van der Waals surface area contributed by atoms with E-state index in [9.17, 15) is 17.9 Å². The molecule has 0 fully saturated rings. The van der Waals surface area contributed by atoms with Crippen LogP contribution in [0.4, 0.5) is 20.2 Å². The Morgan fingerprint density at radius 1 is 1.19 bits per heavy atom. The highest BCUT2D eigenvalue weighted by Crippen LogP contribution is 2.32. The van der Waals surface area contributed by atoms with Crippen LogP contribution in [0, 0.1) is 11.6 Å². The Balaban J connectivity index is 1.49. The van der Waals surface area contributed by atoms with Gasteiger partial charge in [-0.3, -0.25) is 13.7 Å². The lowest BCUT2D eigenvalue weighted by Gasteiger charge is -2.22. The van der Waals surface area contributed by atoms with Gasteiger partial charge in [0.05, 0.1) is 28.6 Å². The summed E-state index contributed by atoms with van der Waals surface area (Å²) in [5, 5.41) is 3.83. The number of hydrogen-bond donors (Lipinski definition) is 2. The van der Waals surface area contributed by atoms with Crippen molar-refractivity contribution in [2.45, 2.75) is 19.3 Å². The standard InChI is InChI=1S/C24H21ClF2N4O4S2/c1-35-15-7-5-14(6-8-15)4-2-3-11-31(37(33)34)18-10-9-17(26)21(19(18)27)30-24(32)16-12-36-22-20(16)28-13-29-23(22)25/h5-10,12-13H,2-4,11H2,1H3,(H,30,32)(H,33,34). The van der Waals surface area contributed by atoms with E-state index in [2.05, 4.69) is 15.3 Å². The molecule has 1 unspecified atom stereocenters. The lowest BCUT2D eigenvalue weighted by molar-refractivity contribution is 0.102. The number of hydrogen-bond acceptors (Lipinski definition) is 6. The van der Waals surface area contributed by atoms with Crippen LogP contribution in [0.3, 0.4) is 0 Å². The van der Waals surface area contributed by atoms with Crippen LogP contribution < -0.4 is 14.4 Å². The lowest BCUT2D eigenvalue weighted by Crippen LogP contribution is -2.28. The number of rotatable bonds is 10. The zero-order chi connectivity index (χ0) is 26.5. The number of halogens is 3. The molecule has 2 N–H and O–H groups in total. The van der Waals surface area contributed by atoms with Crippen molar-refractivity contribution in [1.29, 1.82) is 0 Å². The van der Waals surface area contributed by atoms with Gasteiger partial charge >= 0.3 is 0 Å². The molecule has 1 amide bonds.